The topological polar surface area (TPSA) is 82.1 Å². The predicted molar refractivity (Wildman–Crippen MR) is 94.6 cm³/mol. The van der Waals surface area contributed by atoms with Gasteiger partial charge in [-0.3, -0.25) is 0 Å². The monoisotopic (exact) mass is 377 g/mol. The molecule has 8 heteroatoms. The van der Waals surface area contributed by atoms with E-state index in [1.165, 1.54) is 56.7 Å². The van der Waals surface area contributed by atoms with Gasteiger partial charge in [0.25, 0.3) is 0 Å². The smallest absolute Gasteiger partial charge is 0.355 e. The largest absolute Gasteiger partial charge is 0.465 e. The molecule has 1 aromatic carbocycles. The predicted octanol–water partition coefficient (Wildman–Crippen LogP) is 2.62. The normalized spacial score (nSPS) is 13.3. The van der Waals surface area contributed by atoms with Crippen molar-refractivity contribution >= 4 is 35.2 Å². The molecular weight excluding hydrogens is 362 g/mol. The Morgan fingerprint density at radius 2 is 1.58 bits per heavy atom. The highest BCUT2D eigenvalue weighted by molar-refractivity contribution is 6.34. The molecular formula is C18H16ClNO6. The minimum Gasteiger partial charge on any atom is -0.465 e. The van der Waals surface area contributed by atoms with E-state index >= 15 is 0 Å². The molecule has 0 aromatic heterocycles. The van der Waals surface area contributed by atoms with Gasteiger partial charge < -0.3 is 19.1 Å². The summed E-state index contributed by atoms with van der Waals surface area (Å²) in [5.41, 5.74) is 0.533. The van der Waals surface area contributed by atoms with Gasteiger partial charge in [-0.05, 0) is 30.4 Å². The lowest BCUT2D eigenvalue weighted by atomic mass is 10.1. The molecule has 0 saturated carbocycles. The molecule has 0 aliphatic carbocycles. The molecule has 1 heterocycles. The lowest BCUT2D eigenvalue weighted by molar-refractivity contribution is -0.139. The van der Waals surface area contributed by atoms with Crippen LogP contribution in [0.25, 0.3) is 0 Å². The summed E-state index contributed by atoms with van der Waals surface area (Å²) < 4.78 is 14.2. The highest BCUT2D eigenvalue weighted by atomic mass is 35.5. The van der Waals surface area contributed by atoms with Gasteiger partial charge in [0.05, 0.1) is 43.2 Å². The number of benzene rings is 1. The van der Waals surface area contributed by atoms with Crippen molar-refractivity contribution in [1.82, 2.24) is 0 Å². The second-order valence-corrected chi connectivity index (χ2v) is 5.38. The van der Waals surface area contributed by atoms with Crippen LogP contribution in [0.2, 0.25) is 5.02 Å². The number of rotatable bonds is 4. The summed E-state index contributed by atoms with van der Waals surface area (Å²) in [6, 6.07) is 4.43. The highest BCUT2D eigenvalue weighted by Gasteiger charge is 2.28. The maximum atomic E-state index is 12.4. The third-order valence-electron chi connectivity index (χ3n) is 3.52. The fourth-order valence-electron chi connectivity index (χ4n) is 2.30. The average molecular weight is 378 g/mol. The van der Waals surface area contributed by atoms with E-state index < -0.39 is 17.9 Å². The molecule has 1 aliphatic heterocycles. The Labute approximate surface area is 155 Å². The van der Waals surface area contributed by atoms with E-state index in [1.807, 2.05) is 0 Å². The quantitative estimate of drug-likeness (QED) is 0.589. The van der Waals surface area contributed by atoms with Gasteiger partial charge in [0, 0.05) is 6.20 Å². The van der Waals surface area contributed by atoms with Gasteiger partial charge in [-0.2, -0.15) is 0 Å². The molecule has 0 amide bonds. The molecule has 0 N–H and O–H groups in total. The highest BCUT2D eigenvalue weighted by Crippen LogP contribution is 2.33. The number of carbonyl (C=O) groups is 3. The van der Waals surface area contributed by atoms with E-state index in [1.54, 1.807) is 12.2 Å². The number of anilines is 1. The molecule has 0 fully saturated rings. The molecule has 0 radical (unpaired) electrons. The van der Waals surface area contributed by atoms with Gasteiger partial charge in [0.2, 0.25) is 0 Å². The zero-order chi connectivity index (χ0) is 19.3. The number of hydrogen-bond acceptors (Lipinski definition) is 7. The molecule has 0 bridgehead atoms. The van der Waals surface area contributed by atoms with Crippen molar-refractivity contribution in [2.24, 2.45) is 0 Å². The SMILES string of the molecule is COC(=O)C1=C(C(=O)OC)N(c2ccc(C(=O)OC)cc2Cl)C=CC=C1. The zero-order valence-corrected chi connectivity index (χ0v) is 15.1. The van der Waals surface area contributed by atoms with Crippen LogP contribution in [0.15, 0.2) is 53.9 Å². The maximum Gasteiger partial charge on any atom is 0.355 e. The van der Waals surface area contributed by atoms with E-state index in [4.69, 9.17) is 21.1 Å². The molecule has 0 atom stereocenters. The molecule has 0 unspecified atom stereocenters. The first-order valence-electron chi connectivity index (χ1n) is 7.37. The lowest BCUT2D eigenvalue weighted by Crippen LogP contribution is -2.27. The van der Waals surface area contributed by atoms with Crippen molar-refractivity contribution in [2.45, 2.75) is 0 Å². The maximum absolute atomic E-state index is 12.4. The van der Waals surface area contributed by atoms with Crippen molar-refractivity contribution in [3.63, 3.8) is 0 Å². The first-order valence-corrected chi connectivity index (χ1v) is 7.75. The van der Waals surface area contributed by atoms with Gasteiger partial charge >= 0.3 is 17.9 Å². The van der Waals surface area contributed by atoms with Crippen molar-refractivity contribution < 1.29 is 28.6 Å². The van der Waals surface area contributed by atoms with Gasteiger partial charge in [0.1, 0.15) is 5.70 Å². The number of methoxy groups -OCH3 is 3. The van der Waals surface area contributed by atoms with Crippen LogP contribution in [0.5, 0.6) is 0 Å². The van der Waals surface area contributed by atoms with Gasteiger partial charge in [-0.15, -0.1) is 0 Å². The standard InChI is InChI=1S/C18H16ClNO6/c1-24-16(21)11-7-8-14(13(19)10-11)20-9-5-4-6-12(17(22)25-2)15(20)18(23)26-3/h4-10H,1-3H3. The van der Waals surface area contributed by atoms with E-state index in [-0.39, 0.29) is 21.9 Å². The Bertz CT molecular complexity index is 840. The van der Waals surface area contributed by atoms with Crippen molar-refractivity contribution in [2.75, 3.05) is 26.2 Å². The first kappa shape index (κ1) is 19.3. The number of nitrogens with zero attached hydrogens (tertiary/aromatic N) is 1. The molecule has 1 aromatic rings. The minimum atomic E-state index is -0.755. The zero-order valence-electron chi connectivity index (χ0n) is 14.3. The number of ether oxygens (including phenoxy) is 3. The molecule has 2 rings (SSSR count). The summed E-state index contributed by atoms with van der Waals surface area (Å²) >= 11 is 6.30. The summed E-state index contributed by atoms with van der Waals surface area (Å²) in [5.74, 6) is -2.02. The molecule has 0 saturated heterocycles. The van der Waals surface area contributed by atoms with Crippen LogP contribution in [0.4, 0.5) is 5.69 Å². The van der Waals surface area contributed by atoms with E-state index in [0.29, 0.717) is 5.69 Å². The summed E-state index contributed by atoms with van der Waals surface area (Å²) in [4.78, 5) is 37.5. The Balaban J connectivity index is 2.63. The summed E-state index contributed by atoms with van der Waals surface area (Å²) in [6.07, 6.45) is 6.17. The van der Waals surface area contributed by atoms with Crippen LogP contribution in [-0.2, 0) is 23.8 Å². The van der Waals surface area contributed by atoms with Crippen LogP contribution in [0, 0.1) is 0 Å². The summed E-state index contributed by atoms with van der Waals surface area (Å²) in [7, 11) is 3.66. The lowest BCUT2D eigenvalue weighted by Gasteiger charge is -2.24. The van der Waals surface area contributed by atoms with Crippen LogP contribution in [0.3, 0.4) is 0 Å². The van der Waals surface area contributed by atoms with Crippen molar-refractivity contribution in [3.8, 4) is 0 Å². The van der Waals surface area contributed by atoms with Crippen molar-refractivity contribution in [1.29, 1.82) is 0 Å². The molecule has 1 aliphatic rings. The average Bonchev–Trinajstić information content (AvgIpc) is 2.88. The Morgan fingerprint density at radius 1 is 0.923 bits per heavy atom. The second kappa shape index (κ2) is 8.35. The summed E-state index contributed by atoms with van der Waals surface area (Å²) in [5, 5.41) is 0.171. The second-order valence-electron chi connectivity index (χ2n) is 4.97. The fourth-order valence-corrected chi connectivity index (χ4v) is 2.57. The van der Waals surface area contributed by atoms with E-state index in [2.05, 4.69) is 4.74 Å². The number of halogens is 1. The Morgan fingerprint density at radius 3 is 2.15 bits per heavy atom. The number of esters is 3. The van der Waals surface area contributed by atoms with Crippen LogP contribution in [-0.4, -0.2) is 39.2 Å². The summed E-state index contributed by atoms with van der Waals surface area (Å²) in [6.45, 7) is 0. The molecule has 7 nitrogen and oxygen atoms in total. The molecule has 26 heavy (non-hydrogen) atoms. The molecule has 0 spiro atoms. The van der Waals surface area contributed by atoms with Gasteiger partial charge in [-0.1, -0.05) is 17.7 Å². The number of allylic oxidation sites excluding steroid dienone is 2. The van der Waals surface area contributed by atoms with E-state index in [9.17, 15) is 14.4 Å². The third-order valence-corrected chi connectivity index (χ3v) is 3.82. The Hall–Kier alpha value is -3.06. The number of hydrogen-bond donors (Lipinski definition) is 0. The first-order chi connectivity index (χ1) is 12.4. The van der Waals surface area contributed by atoms with Gasteiger partial charge in [-0.25, -0.2) is 14.4 Å². The molecule has 136 valence electrons. The van der Waals surface area contributed by atoms with Gasteiger partial charge in [0.15, 0.2) is 0 Å². The van der Waals surface area contributed by atoms with E-state index in [0.717, 1.165) is 0 Å². The van der Waals surface area contributed by atoms with Crippen molar-refractivity contribution in [3.05, 3.63) is 64.5 Å². The Kier molecular flexibility index (Phi) is 6.19. The fraction of sp³-hybridized carbons (Fsp3) is 0.167. The number of carbonyl (C=O) groups excluding carboxylic acids is 3. The van der Waals surface area contributed by atoms with Crippen LogP contribution >= 0.6 is 11.6 Å². The minimum absolute atomic E-state index is 0.00235. The third kappa shape index (κ3) is 3.78. The van der Waals surface area contributed by atoms with Crippen LogP contribution < -0.4 is 4.90 Å². The van der Waals surface area contributed by atoms with Crippen LogP contribution in [0.1, 0.15) is 10.4 Å².